The molecule has 0 saturated heterocycles. The maximum absolute atomic E-state index is 4.57. The van der Waals surface area contributed by atoms with Crippen molar-refractivity contribution in [1.29, 1.82) is 0 Å². The molecule has 106 heavy (non-hydrogen) atoms. The van der Waals surface area contributed by atoms with Crippen molar-refractivity contribution < 1.29 is 40.2 Å². The molecule has 0 N–H and O–H groups in total. The van der Waals surface area contributed by atoms with Crippen molar-refractivity contribution in [2.45, 2.75) is 67.2 Å². The molecule has 16 rings (SSSR count). The van der Waals surface area contributed by atoms with Crippen LogP contribution in [0.3, 0.4) is 0 Å². The smallest absolute Gasteiger partial charge is 0.661 e. The number of aromatic nitrogens is 4. The number of benzene rings is 12. The standard InChI is InChI=1S/2C17H17N2.4C13H8NS.C6H14.2Ir/c2*1-14(18-16-9-5-3-6-10-16)13-15(2)19-17-11-7-4-8-12-17;4*1-2-6-10(7-3-1)13-14-11-8-4-5-9-12(11)15-13;1-3-5-6-4-2;;/h2*3-13H,1-2H3;4*1-6,8-9H;3-6H2,1-2H3;;/q6*-1;;2*+3/b2*14-13-,19-15?;;;;;;;. The van der Waals surface area contributed by atoms with Crippen molar-refractivity contribution in [3.8, 4) is 42.3 Å². The first kappa shape index (κ1) is 81.6. The number of para-hydroxylation sites is 8. The third-order valence-corrected chi connectivity index (χ3v) is 19.3. The third kappa shape index (κ3) is 27.1. The van der Waals surface area contributed by atoms with Gasteiger partial charge < -0.3 is 10.6 Å². The summed E-state index contributed by atoms with van der Waals surface area (Å²) in [5.41, 5.74) is 16.2. The van der Waals surface area contributed by atoms with Crippen LogP contribution in [0.5, 0.6) is 0 Å². The van der Waals surface area contributed by atoms with Gasteiger partial charge in [-0.2, -0.15) is 56.7 Å². The number of nitrogens with zero attached hydrogens (tertiary/aromatic N) is 8. The van der Waals surface area contributed by atoms with Crippen molar-refractivity contribution in [2.75, 3.05) is 0 Å². The summed E-state index contributed by atoms with van der Waals surface area (Å²) in [6, 6.07) is 117. The molecule has 0 saturated carbocycles. The van der Waals surface area contributed by atoms with Gasteiger partial charge in [0.2, 0.25) is 0 Å². The van der Waals surface area contributed by atoms with Crippen LogP contribution in [0.2, 0.25) is 0 Å². The SMILES string of the molecule is CC(/C=C(/C)[N-]c1ccccc1)=Nc1ccccc1.CC(/C=C(/C)[N-]c1ccccc1)=Nc1ccccc1.CCCCCC.[Ir+3].[Ir+3].[c-]1ccccc1-c1nc2ccccc2s1.[c-]1ccccc1-c1nc2ccccc2s1.[c-]1ccccc1-c1nc2ccccc2s1.[c-]1ccccc1-c1nc2ccccc2s1. The molecule has 8 nitrogen and oxygen atoms in total. The van der Waals surface area contributed by atoms with E-state index in [2.05, 4.69) is 103 Å². The Kier molecular flexibility index (Phi) is 34.9. The number of unbranched alkanes of at least 4 members (excludes halogenated alkanes) is 3. The van der Waals surface area contributed by atoms with Gasteiger partial charge in [-0.05, 0) is 86.6 Å². The first-order valence-electron chi connectivity index (χ1n) is 34.5. The van der Waals surface area contributed by atoms with Gasteiger partial charge in [-0.15, -0.1) is 155 Å². The summed E-state index contributed by atoms with van der Waals surface area (Å²) in [6.07, 6.45) is 9.51. The zero-order valence-corrected chi connectivity index (χ0v) is 67.9. The normalized spacial score (nSPS) is 11.0. The van der Waals surface area contributed by atoms with Gasteiger partial charge in [-0.25, -0.2) is 0 Å². The second kappa shape index (κ2) is 45.3. The predicted molar refractivity (Wildman–Crippen MR) is 450 cm³/mol. The molecule has 0 unspecified atom stereocenters. The summed E-state index contributed by atoms with van der Waals surface area (Å²) in [5.74, 6) is 0. The van der Waals surface area contributed by atoms with E-state index >= 15 is 0 Å². The maximum Gasteiger partial charge on any atom is 3.00 e. The summed E-state index contributed by atoms with van der Waals surface area (Å²) in [4.78, 5) is 27.3. The summed E-state index contributed by atoms with van der Waals surface area (Å²) >= 11 is 6.83. The van der Waals surface area contributed by atoms with Crippen molar-refractivity contribution >= 4 is 120 Å². The van der Waals surface area contributed by atoms with E-state index in [1.165, 1.54) is 44.5 Å². The molecule has 0 aliphatic carbocycles. The number of aliphatic imine (C=N–C) groups is 2. The molecule has 0 amide bonds. The topological polar surface area (TPSA) is 104 Å². The number of thiazole rings is 4. The zero-order valence-electron chi connectivity index (χ0n) is 59.9. The Morgan fingerprint density at radius 2 is 0.547 bits per heavy atom. The van der Waals surface area contributed by atoms with Crippen LogP contribution in [0.4, 0.5) is 22.7 Å². The minimum Gasteiger partial charge on any atom is -0.661 e. The molecule has 0 atom stereocenters. The average Bonchev–Trinajstić information content (AvgIpc) is 1.71. The van der Waals surface area contributed by atoms with Crippen molar-refractivity contribution in [1.82, 2.24) is 19.9 Å². The number of fused-ring (bicyclic) bond motifs is 4. The minimum atomic E-state index is 0. The summed E-state index contributed by atoms with van der Waals surface area (Å²) in [5, 5.41) is 13.2. The van der Waals surface area contributed by atoms with Gasteiger partial charge in [-0.1, -0.05) is 211 Å². The van der Waals surface area contributed by atoms with Crippen molar-refractivity contribution in [3.05, 3.63) is 374 Å². The second-order valence-corrected chi connectivity index (χ2v) is 27.5. The van der Waals surface area contributed by atoms with Crippen molar-refractivity contribution in [3.63, 3.8) is 0 Å². The first-order valence-corrected chi connectivity index (χ1v) is 37.8. The average molecular weight is 1810 g/mol. The Balaban J connectivity index is 0.000000158. The fourth-order valence-corrected chi connectivity index (χ4v) is 13.9. The molecule has 0 spiro atoms. The van der Waals surface area contributed by atoms with E-state index in [0.717, 1.165) is 110 Å². The zero-order chi connectivity index (χ0) is 72.2. The molecular formula is C92H80Ir2N8S4. The number of hydrogen-bond donors (Lipinski definition) is 0. The summed E-state index contributed by atoms with van der Waals surface area (Å²) in [7, 11) is 0. The van der Waals surface area contributed by atoms with Gasteiger partial charge in [-0.3, -0.25) is 29.9 Å². The van der Waals surface area contributed by atoms with Crippen LogP contribution in [0.15, 0.2) is 349 Å². The predicted octanol–water partition coefficient (Wildman–Crippen LogP) is 28.4. The van der Waals surface area contributed by atoms with Gasteiger partial charge >= 0.3 is 40.2 Å². The second-order valence-electron chi connectivity index (χ2n) is 23.4. The van der Waals surface area contributed by atoms with Crippen LogP contribution < -0.4 is 0 Å². The number of rotatable bonds is 15. The minimum absolute atomic E-state index is 0. The van der Waals surface area contributed by atoms with E-state index in [1.807, 2.05) is 331 Å². The van der Waals surface area contributed by atoms with E-state index < -0.39 is 0 Å². The van der Waals surface area contributed by atoms with E-state index in [-0.39, 0.29) is 40.2 Å². The van der Waals surface area contributed by atoms with Crippen LogP contribution in [-0.2, 0) is 40.2 Å². The number of allylic oxidation sites excluding steroid dienone is 4. The van der Waals surface area contributed by atoms with Crippen LogP contribution in [-0.4, -0.2) is 31.4 Å². The summed E-state index contributed by atoms with van der Waals surface area (Å²) < 4.78 is 4.91. The molecule has 0 aliphatic heterocycles. The molecule has 14 heteroatoms. The molecule has 16 aromatic rings. The molecule has 0 radical (unpaired) electrons. The number of hydrogen-bond acceptors (Lipinski definition) is 10. The fraction of sp³-hybridized carbons (Fsp3) is 0.109. The van der Waals surface area contributed by atoms with E-state index in [1.54, 1.807) is 45.3 Å². The Hall–Kier alpha value is -10.1. The van der Waals surface area contributed by atoms with Gasteiger partial charge in [0.15, 0.2) is 0 Å². The largest absolute Gasteiger partial charge is 3.00 e. The molecular weight excluding hydrogens is 1730 g/mol. The molecule has 4 aromatic heterocycles. The van der Waals surface area contributed by atoms with Gasteiger partial charge in [0.25, 0.3) is 0 Å². The Morgan fingerprint density at radius 1 is 0.311 bits per heavy atom. The maximum atomic E-state index is 4.57. The van der Waals surface area contributed by atoms with Crippen LogP contribution in [0.25, 0.3) is 93.8 Å². The molecule has 0 fully saturated rings. The summed E-state index contributed by atoms with van der Waals surface area (Å²) in [6.45, 7) is 12.4. The van der Waals surface area contributed by atoms with Gasteiger partial charge in [0, 0.05) is 50.3 Å². The molecule has 12 aromatic carbocycles. The van der Waals surface area contributed by atoms with Crippen LogP contribution >= 0.6 is 45.3 Å². The third-order valence-electron chi connectivity index (χ3n) is 15.0. The Labute approximate surface area is 668 Å². The van der Waals surface area contributed by atoms with E-state index in [0.29, 0.717) is 0 Å². The fourth-order valence-electron chi connectivity index (χ4n) is 10.1. The quantitative estimate of drug-likeness (QED) is 0.0579. The van der Waals surface area contributed by atoms with Gasteiger partial charge in [0.05, 0.1) is 33.4 Å². The van der Waals surface area contributed by atoms with Crippen molar-refractivity contribution in [2.24, 2.45) is 9.98 Å². The van der Waals surface area contributed by atoms with Crippen LogP contribution in [0.1, 0.15) is 67.2 Å². The Morgan fingerprint density at radius 3 is 0.783 bits per heavy atom. The molecule has 0 bridgehead atoms. The van der Waals surface area contributed by atoms with Crippen LogP contribution in [0, 0.1) is 24.3 Å². The molecule has 530 valence electrons. The van der Waals surface area contributed by atoms with Gasteiger partial charge in [0.1, 0.15) is 0 Å². The molecule has 4 heterocycles. The van der Waals surface area contributed by atoms with E-state index in [4.69, 9.17) is 0 Å². The van der Waals surface area contributed by atoms with E-state index in [9.17, 15) is 0 Å². The monoisotopic (exact) mass is 1810 g/mol. The molecule has 0 aliphatic rings. The Bertz CT molecular complexity index is 4580. The first-order chi connectivity index (χ1) is 51.1.